The summed E-state index contributed by atoms with van der Waals surface area (Å²) in [7, 11) is 0. The first-order chi connectivity index (χ1) is 10.1. The van der Waals surface area contributed by atoms with Crippen molar-refractivity contribution in [1.82, 2.24) is 9.55 Å². The van der Waals surface area contributed by atoms with Crippen molar-refractivity contribution in [3.8, 4) is 0 Å². The van der Waals surface area contributed by atoms with Crippen molar-refractivity contribution in [2.75, 3.05) is 18.0 Å². The third-order valence-corrected chi connectivity index (χ3v) is 3.66. The zero-order valence-electron chi connectivity index (χ0n) is 11.6. The first-order valence-corrected chi connectivity index (χ1v) is 6.94. The normalized spacial score (nSPS) is 18.2. The van der Waals surface area contributed by atoms with Crippen molar-refractivity contribution < 1.29 is 4.39 Å². The molecule has 1 saturated heterocycles. The van der Waals surface area contributed by atoms with E-state index in [0.29, 0.717) is 18.9 Å². The highest BCUT2D eigenvalue weighted by Crippen LogP contribution is 2.13. The zero-order chi connectivity index (χ0) is 14.8. The molecular formula is C15H17FN4O. The van der Waals surface area contributed by atoms with E-state index in [9.17, 15) is 9.18 Å². The van der Waals surface area contributed by atoms with Crippen LogP contribution in [-0.4, -0.2) is 28.7 Å². The molecule has 1 unspecified atom stereocenters. The van der Waals surface area contributed by atoms with Gasteiger partial charge < -0.3 is 15.2 Å². The molecule has 2 N–H and O–H groups in total. The minimum Gasteiger partial charge on any atom is -0.350 e. The first-order valence-electron chi connectivity index (χ1n) is 6.94. The van der Waals surface area contributed by atoms with Crippen LogP contribution in [0.1, 0.15) is 12.0 Å². The molecule has 1 aromatic carbocycles. The van der Waals surface area contributed by atoms with Gasteiger partial charge in [0.2, 0.25) is 0 Å². The van der Waals surface area contributed by atoms with Crippen molar-refractivity contribution in [1.29, 1.82) is 0 Å². The quantitative estimate of drug-likeness (QED) is 0.914. The van der Waals surface area contributed by atoms with Crippen molar-refractivity contribution in [3.05, 3.63) is 58.4 Å². The summed E-state index contributed by atoms with van der Waals surface area (Å²) in [6.45, 7) is 1.71. The van der Waals surface area contributed by atoms with Gasteiger partial charge in [-0.25, -0.2) is 9.37 Å². The Bertz CT molecular complexity index is 700. The highest BCUT2D eigenvalue weighted by Gasteiger charge is 2.22. The van der Waals surface area contributed by atoms with E-state index in [0.717, 1.165) is 18.5 Å². The van der Waals surface area contributed by atoms with E-state index in [1.807, 2.05) is 4.90 Å². The predicted molar refractivity (Wildman–Crippen MR) is 78.8 cm³/mol. The fourth-order valence-corrected chi connectivity index (χ4v) is 2.59. The van der Waals surface area contributed by atoms with Gasteiger partial charge in [-0.2, -0.15) is 0 Å². The third kappa shape index (κ3) is 2.95. The van der Waals surface area contributed by atoms with Crippen LogP contribution in [0.25, 0.3) is 0 Å². The lowest BCUT2D eigenvalue weighted by molar-refractivity contribution is 0.622. The summed E-state index contributed by atoms with van der Waals surface area (Å²) in [5, 5.41) is 0. The van der Waals surface area contributed by atoms with Crippen LogP contribution in [-0.2, 0) is 6.54 Å². The number of hydrogen-bond donors (Lipinski definition) is 1. The Hall–Kier alpha value is -2.21. The number of nitrogens with zero attached hydrogens (tertiary/aromatic N) is 3. The summed E-state index contributed by atoms with van der Waals surface area (Å²) in [6, 6.07) is 6.33. The molecule has 2 heterocycles. The number of hydrogen-bond acceptors (Lipinski definition) is 4. The molecule has 1 aromatic heterocycles. The van der Waals surface area contributed by atoms with Crippen molar-refractivity contribution in [2.24, 2.45) is 5.73 Å². The summed E-state index contributed by atoms with van der Waals surface area (Å²) < 4.78 is 14.8. The molecule has 1 atom stereocenters. The van der Waals surface area contributed by atoms with Gasteiger partial charge in [0.05, 0.1) is 6.54 Å². The van der Waals surface area contributed by atoms with Crippen molar-refractivity contribution >= 4 is 5.82 Å². The molecule has 1 aliphatic rings. The van der Waals surface area contributed by atoms with Crippen LogP contribution in [0, 0.1) is 5.82 Å². The lowest BCUT2D eigenvalue weighted by atomic mass is 10.2. The Morgan fingerprint density at radius 3 is 3.00 bits per heavy atom. The van der Waals surface area contributed by atoms with E-state index in [2.05, 4.69) is 4.98 Å². The highest BCUT2D eigenvalue weighted by atomic mass is 19.1. The molecule has 0 spiro atoms. The van der Waals surface area contributed by atoms with Crippen LogP contribution in [0.5, 0.6) is 0 Å². The SMILES string of the molecule is NC1CCN(c2nccn(Cc3cccc(F)c3)c2=O)C1. The molecule has 0 radical (unpaired) electrons. The molecule has 0 saturated carbocycles. The lowest BCUT2D eigenvalue weighted by Crippen LogP contribution is -2.33. The van der Waals surface area contributed by atoms with E-state index in [1.54, 1.807) is 29.1 Å². The van der Waals surface area contributed by atoms with Gasteiger partial charge in [-0.1, -0.05) is 12.1 Å². The summed E-state index contributed by atoms with van der Waals surface area (Å²) in [5.41, 5.74) is 6.44. The fraction of sp³-hybridized carbons (Fsp3) is 0.333. The number of aromatic nitrogens is 2. The van der Waals surface area contributed by atoms with Crippen molar-refractivity contribution in [3.63, 3.8) is 0 Å². The molecule has 2 aromatic rings. The van der Waals surface area contributed by atoms with Gasteiger partial charge in [0.1, 0.15) is 5.82 Å². The van der Waals surface area contributed by atoms with Gasteiger partial charge in [0.15, 0.2) is 5.82 Å². The molecule has 0 amide bonds. The first kappa shape index (κ1) is 13.8. The summed E-state index contributed by atoms with van der Waals surface area (Å²) in [5.74, 6) is 0.113. The van der Waals surface area contributed by atoms with Crippen LogP contribution in [0.3, 0.4) is 0 Å². The van der Waals surface area contributed by atoms with E-state index >= 15 is 0 Å². The van der Waals surface area contributed by atoms with Crippen LogP contribution in [0.15, 0.2) is 41.5 Å². The highest BCUT2D eigenvalue weighted by molar-refractivity contribution is 5.37. The Labute approximate surface area is 121 Å². The van der Waals surface area contributed by atoms with Crippen LogP contribution < -0.4 is 16.2 Å². The molecule has 0 aliphatic carbocycles. The monoisotopic (exact) mass is 288 g/mol. The van der Waals surface area contributed by atoms with Gasteiger partial charge in [0, 0.05) is 31.5 Å². The van der Waals surface area contributed by atoms with E-state index in [-0.39, 0.29) is 17.4 Å². The molecule has 6 heteroatoms. The van der Waals surface area contributed by atoms with Gasteiger partial charge in [-0.3, -0.25) is 4.79 Å². The summed E-state index contributed by atoms with van der Waals surface area (Å²) in [4.78, 5) is 18.6. The minimum atomic E-state index is -0.305. The number of nitrogens with two attached hydrogens (primary N) is 1. The molecule has 21 heavy (non-hydrogen) atoms. The van der Waals surface area contributed by atoms with E-state index < -0.39 is 0 Å². The standard InChI is InChI=1S/C15H17FN4O/c16-12-3-1-2-11(8-12)9-20-7-5-18-14(15(20)21)19-6-4-13(17)10-19/h1-3,5,7-8,13H,4,6,9-10,17H2. The molecular weight excluding hydrogens is 271 g/mol. The van der Waals surface area contributed by atoms with Crippen LogP contribution in [0.2, 0.25) is 0 Å². The Kier molecular flexibility index (Phi) is 3.70. The number of halogens is 1. The van der Waals surface area contributed by atoms with Crippen molar-refractivity contribution in [2.45, 2.75) is 19.0 Å². The van der Waals surface area contributed by atoms with Crippen LogP contribution >= 0.6 is 0 Å². The second-order valence-corrected chi connectivity index (χ2v) is 5.31. The van der Waals surface area contributed by atoms with Gasteiger partial charge in [-0.15, -0.1) is 0 Å². The third-order valence-electron chi connectivity index (χ3n) is 3.66. The average Bonchev–Trinajstić information content (AvgIpc) is 2.88. The maximum Gasteiger partial charge on any atom is 0.293 e. The smallest absolute Gasteiger partial charge is 0.293 e. The molecule has 5 nitrogen and oxygen atoms in total. The molecule has 0 bridgehead atoms. The maximum absolute atomic E-state index is 13.2. The fourth-order valence-electron chi connectivity index (χ4n) is 2.59. The minimum absolute atomic E-state index is 0.0862. The van der Waals surface area contributed by atoms with E-state index in [1.165, 1.54) is 12.1 Å². The van der Waals surface area contributed by atoms with E-state index in [4.69, 9.17) is 5.73 Å². The Morgan fingerprint density at radius 2 is 2.29 bits per heavy atom. The molecule has 1 aliphatic heterocycles. The summed E-state index contributed by atoms with van der Waals surface area (Å²) in [6.07, 6.45) is 4.08. The molecule has 1 fully saturated rings. The van der Waals surface area contributed by atoms with Gasteiger partial charge >= 0.3 is 0 Å². The number of anilines is 1. The predicted octanol–water partition coefficient (Wildman–Crippen LogP) is 0.968. The lowest BCUT2D eigenvalue weighted by Gasteiger charge is -2.17. The van der Waals surface area contributed by atoms with Gasteiger partial charge in [0.25, 0.3) is 5.56 Å². The van der Waals surface area contributed by atoms with Crippen LogP contribution in [0.4, 0.5) is 10.2 Å². The summed E-state index contributed by atoms with van der Waals surface area (Å²) >= 11 is 0. The molecule has 3 rings (SSSR count). The second-order valence-electron chi connectivity index (χ2n) is 5.31. The Balaban J connectivity index is 1.88. The second kappa shape index (κ2) is 5.65. The maximum atomic E-state index is 13.2. The topological polar surface area (TPSA) is 64.2 Å². The Morgan fingerprint density at radius 1 is 1.43 bits per heavy atom. The largest absolute Gasteiger partial charge is 0.350 e. The number of rotatable bonds is 3. The average molecular weight is 288 g/mol. The molecule has 110 valence electrons. The number of benzene rings is 1. The van der Waals surface area contributed by atoms with Gasteiger partial charge in [-0.05, 0) is 24.1 Å². The zero-order valence-corrected chi connectivity index (χ0v) is 11.6.